The number of hydrogen-bond donors (Lipinski definition) is 1. The van der Waals surface area contributed by atoms with Gasteiger partial charge in [0.25, 0.3) is 10.0 Å². The van der Waals surface area contributed by atoms with E-state index < -0.39 is 28.5 Å². The predicted octanol–water partition coefficient (Wildman–Crippen LogP) is 5.91. The maximum atomic E-state index is 14.1. The Kier molecular flexibility index (Phi) is 10.8. The van der Waals surface area contributed by atoms with Crippen LogP contribution in [-0.2, 0) is 26.2 Å². The van der Waals surface area contributed by atoms with E-state index in [0.29, 0.717) is 29.2 Å². The first kappa shape index (κ1) is 31.2. The Hall–Kier alpha value is -3.36. The monoisotopic (exact) mass is 583 g/mol. The number of sulfonamides is 1. The highest BCUT2D eigenvalue weighted by atomic mass is 35.5. The molecule has 0 aliphatic rings. The number of nitrogens with one attached hydrogen (secondary N) is 1. The summed E-state index contributed by atoms with van der Waals surface area (Å²) < 4.78 is 29.0. The van der Waals surface area contributed by atoms with E-state index in [-0.39, 0.29) is 23.3 Å². The Labute approximate surface area is 243 Å². The molecule has 0 radical (unpaired) electrons. The Morgan fingerprint density at radius 1 is 0.925 bits per heavy atom. The fraction of sp³-hybridized carbons (Fsp3) is 0.355. The second-order valence-corrected chi connectivity index (χ2v) is 12.3. The van der Waals surface area contributed by atoms with Gasteiger partial charge in [-0.2, -0.15) is 0 Å². The zero-order valence-electron chi connectivity index (χ0n) is 23.7. The van der Waals surface area contributed by atoms with Gasteiger partial charge in [-0.3, -0.25) is 13.9 Å². The molecule has 7 nitrogen and oxygen atoms in total. The summed E-state index contributed by atoms with van der Waals surface area (Å²) in [6, 6.07) is 20.0. The van der Waals surface area contributed by atoms with Gasteiger partial charge in [0.15, 0.2) is 0 Å². The van der Waals surface area contributed by atoms with Gasteiger partial charge in [-0.15, -0.1) is 0 Å². The lowest BCUT2D eigenvalue weighted by atomic mass is 10.0. The fourth-order valence-electron chi connectivity index (χ4n) is 4.41. The van der Waals surface area contributed by atoms with Crippen molar-refractivity contribution in [1.29, 1.82) is 0 Å². The lowest BCUT2D eigenvalue weighted by molar-refractivity contribution is -0.140. The van der Waals surface area contributed by atoms with Crippen LogP contribution in [0.25, 0.3) is 0 Å². The molecule has 3 rings (SSSR count). The van der Waals surface area contributed by atoms with Crippen molar-refractivity contribution in [2.24, 2.45) is 0 Å². The molecule has 3 aromatic rings. The SMILES string of the molecule is CCNC(=O)[C@@H](CC)N(Cc1ccccc1Cl)C(=O)CN(c1ccc(C(C)C)cc1)S(=O)(=O)c1ccc(C)cc1. The molecule has 1 atom stereocenters. The van der Waals surface area contributed by atoms with Crippen molar-refractivity contribution < 1.29 is 18.0 Å². The van der Waals surface area contributed by atoms with Crippen LogP contribution in [0.2, 0.25) is 5.02 Å². The fourth-order valence-corrected chi connectivity index (χ4v) is 6.02. The number of benzene rings is 3. The molecular formula is C31H38ClN3O4S. The number of likely N-dealkylation sites (N-methyl/N-ethyl adjacent to an activating group) is 1. The molecule has 2 amide bonds. The first-order valence-electron chi connectivity index (χ1n) is 13.5. The Balaban J connectivity index is 2.08. The van der Waals surface area contributed by atoms with Crippen molar-refractivity contribution in [2.45, 2.75) is 64.4 Å². The number of halogens is 1. The third kappa shape index (κ3) is 7.43. The second kappa shape index (κ2) is 13.8. The highest BCUT2D eigenvalue weighted by Gasteiger charge is 2.33. The summed E-state index contributed by atoms with van der Waals surface area (Å²) in [5.41, 5.74) is 2.99. The normalized spacial score (nSPS) is 12.2. The minimum Gasteiger partial charge on any atom is -0.355 e. The molecule has 0 aliphatic carbocycles. The predicted molar refractivity (Wildman–Crippen MR) is 161 cm³/mol. The summed E-state index contributed by atoms with van der Waals surface area (Å²) in [5, 5.41) is 3.26. The molecular weight excluding hydrogens is 546 g/mol. The van der Waals surface area contributed by atoms with Crippen LogP contribution < -0.4 is 9.62 Å². The minimum absolute atomic E-state index is 0.0544. The van der Waals surface area contributed by atoms with E-state index in [1.165, 1.54) is 17.0 Å². The topological polar surface area (TPSA) is 86.8 Å². The van der Waals surface area contributed by atoms with Crippen molar-refractivity contribution in [1.82, 2.24) is 10.2 Å². The Morgan fingerprint density at radius 2 is 1.55 bits per heavy atom. The van der Waals surface area contributed by atoms with Gasteiger partial charge >= 0.3 is 0 Å². The van der Waals surface area contributed by atoms with Gasteiger partial charge in [0, 0.05) is 18.1 Å². The molecule has 0 saturated heterocycles. The van der Waals surface area contributed by atoms with Crippen LogP contribution in [0.1, 0.15) is 56.7 Å². The number of nitrogens with zero attached hydrogens (tertiary/aromatic N) is 2. The van der Waals surface area contributed by atoms with Gasteiger partial charge < -0.3 is 10.2 Å². The van der Waals surface area contributed by atoms with Crippen molar-refractivity contribution in [3.63, 3.8) is 0 Å². The molecule has 0 saturated carbocycles. The first-order chi connectivity index (χ1) is 19.0. The molecule has 3 aromatic carbocycles. The van der Waals surface area contributed by atoms with E-state index >= 15 is 0 Å². The van der Waals surface area contributed by atoms with Gasteiger partial charge in [-0.25, -0.2) is 8.42 Å². The van der Waals surface area contributed by atoms with Gasteiger partial charge in [0.05, 0.1) is 10.6 Å². The number of carbonyl (C=O) groups is 2. The van der Waals surface area contributed by atoms with Crippen LogP contribution >= 0.6 is 11.6 Å². The van der Waals surface area contributed by atoms with E-state index in [0.717, 1.165) is 15.4 Å². The van der Waals surface area contributed by atoms with Crippen LogP contribution in [0, 0.1) is 6.92 Å². The van der Waals surface area contributed by atoms with Crippen molar-refractivity contribution in [2.75, 3.05) is 17.4 Å². The third-order valence-corrected chi connectivity index (χ3v) is 8.93. The maximum Gasteiger partial charge on any atom is 0.264 e. The summed E-state index contributed by atoms with van der Waals surface area (Å²) in [5.74, 6) is -0.562. The summed E-state index contributed by atoms with van der Waals surface area (Å²) in [7, 11) is -4.12. The molecule has 0 spiro atoms. The van der Waals surface area contributed by atoms with Crippen LogP contribution in [0.4, 0.5) is 5.69 Å². The average Bonchev–Trinajstić information content (AvgIpc) is 2.93. The van der Waals surface area contributed by atoms with E-state index in [9.17, 15) is 18.0 Å². The van der Waals surface area contributed by atoms with Gasteiger partial charge in [-0.05, 0) is 67.6 Å². The number of amides is 2. The molecule has 0 heterocycles. The molecule has 0 bridgehead atoms. The highest BCUT2D eigenvalue weighted by molar-refractivity contribution is 7.92. The zero-order chi connectivity index (χ0) is 29.4. The van der Waals surface area contributed by atoms with Gasteiger partial charge in [0.2, 0.25) is 11.8 Å². The summed E-state index contributed by atoms with van der Waals surface area (Å²) in [6.07, 6.45) is 0.343. The van der Waals surface area contributed by atoms with Gasteiger partial charge in [0.1, 0.15) is 12.6 Å². The van der Waals surface area contributed by atoms with E-state index in [1.54, 1.807) is 48.5 Å². The van der Waals surface area contributed by atoms with Gasteiger partial charge in [-0.1, -0.05) is 80.4 Å². The molecule has 0 unspecified atom stereocenters. The minimum atomic E-state index is -4.12. The lowest BCUT2D eigenvalue weighted by Gasteiger charge is -2.33. The van der Waals surface area contributed by atoms with E-state index in [4.69, 9.17) is 11.6 Å². The molecule has 1 N–H and O–H groups in total. The average molecular weight is 584 g/mol. The molecule has 9 heteroatoms. The number of rotatable bonds is 12. The highest BCUT2D eigenvalue weighted by Crippen LogP contribution is 2.27. The van der Waals surface area contributed by atoms with Crippen LogP contribution in [0.15, 0.2) is 77.7 Å². The second-order valence-electron chi connectivity index (χ2n) is 10.0. The number of hydrogen-bond acceptors (Lipinski definition) is 4. The molecule has 214 valence electrons. The van der Waals surface area contributed by atoms with Crippen LogP contribution in [-0.4, -0.2) is 44.3 Å². The maximum absolute atomic E-state index is 14.1. The quantitative estimate of drug-likeness (QED) is 0.287. The standard InChI is InChI=1S/C31H38ClN3O4S/c1-6-29(31(37)33-7-2)34(20-25-10-8-9-11-28(25)32)30(36)21-35(26-16-14-24(15-17-26)22(3)4)40(38,39)27-18-12-23(5)13-19-27/h8-19,22,29H,6-7,20-21H2,1-5H3,(H,33,37)/t29-/m1/s1. The van der Waals surface area contributed by atoms with E-state index in [2.05, 4.69) is 19.2 Å². The number of aryl methyl sites for hydroxylation is 1. The Morgan fingerprint density at radius 3 is 2.10 bits per heavy atom. The third-order valence-electron chi connectivity index (χ3n) is 6.77. The summed E-state index contributed by atoms with van der Waals surface area (Å²) >= 11 is 6.42. The lowest BCUT2D eigenvalue weighted by Crippen LogP contribution is -2.52. The largest absolute Gasteiger partial charge is 0.355 e. The van der Waals surface area contributed by atoms with Crippen molar-refractivity contribution in [3.8, 4) is 0 Å². The number of carbonyl (C=O) groups excluding carboxylic acids is 2. The summed E-state index contributed by atoms with van der Waals surface area (Å²) in [4.78, 5) is 28.6. The smallest absolute Gasteiger partial charge is 0.264 e. The molecule has 0 fully saturated rings. The van der Waals surface area contributed by atoms with Crippen molar-refractivity contribution in [3.05, 3.63) is 94.5 Å². The molecule has 0 aliphatic heterocycles. The van der Waals surface area contributed by atoms with Crippen molar-refractivity contribution >= 4 is 39.1 Å². The molecule has 0 aromatic heterocycles. The van der Waals surface area contributed by atoms with E-state index in [1.807, 2.05) is 32.9 Å². The Bertz CT molecular complexity index is 1410. The first-order valence-corrected chi connectivity index (χ1v) is 15.3. The van der Waals surface area contributed by atoms with Crippen LogP contribution in [0.3, 0.4) is 0 Å². The van der Waals surface area contributed by atoms with Crippen LogP contribution in [0.5, 0.6) is 0 Å². The molecule has 40 heavy (non-hydrogen) atoms. The number of anilines is 1. The summed E-state index contributed by atoms with van der Waals surface area (Å²) in [6.45, 7) is 9.58. The zero-order valence-corrected chi connectivity index (χ0v) is 25.3.